The van der Waals surface area contributed by atoms with Crippen molar-refractivity contribution >= 4 is 12.0 Å². The highest BCUT2D eigenvalue weighted by molar-refractivity contribution is 5.97. The van der Waals surface area contributed by atoms with E-state index in [4.69, 9.17) is 4.42 Å². The van der Waals surface area contributed by atoms with E-state index in [1.54, 1.807) is 44.2 Å². The van der Waals surface area contributed by atoms with Gasteiger partial charge in [-0.05, 0) is 49.8 Å². The summed E-state index contributed by atoms with van der Waals surface area (Å²) >= 11 is 0. The van der Waals surface area contributed by atoms with Crippen LogP contribution in [0, 0.1) is 5.82 Å². The van der Waals surface area contributed by atoms with Crippen molar-refractivity contribution < 1.29 is 18.7 Å². The van der Waals surface area contributed by atoms with Gasteiger partial charge in [-0.25, -0.2) is 4.39 Å². The van der Waals surface area contributed by atoms with Gasteiger partial charge in [-0.15, -0.1) is 0 Å². The standard InChI is InChI=1S/C17H18FNO3/c1-12(10-13-5-7-14(18)8-6-13)16(20)19-11-17(2,21)15-4-3-9-22-15/h3-10,21H,11H2,1-2H3,(H,19,20). The zero-order valence-electron chi connectivity index (χ0n) is 12.5. The summed E-state index contributed by atoms with van der Waals surface area (Å²) in [6.07, 6.45) is 3.11. The van der Waals surface area contributed by atoms with E-state index in [2.05, 4.69) is 5.32 Å². The lowest BCUT2D eigenvalue weighted by molar-refractivity contribution is -0.118. The molecule has 1 unspecified atom stereocenters. The van der Waals surface area contributed by atoms with E-state index in [-0.39, 0.29) is 18.3 Å². The normalized spacial score (nSPS) is 14.5. The predicted octanol–water partition coefficient (Wildman–Crippen LogP) is 2.85. The second-order valence-corrected chi connectivity index (χ2v) is 5.31. The monoisotopic (exact) mass is 303 g/mol. The van der Waals surface area contributed by atoms with Gasteiger partial charge in [0.2, 0.25) is 5.91 Å². The summed E-state index contributed by atoms with van der Waals surface area (Å²) in [6, 6.07) is 9.16. The van der Waals surface area contributed by atoms with Crippen LogP contribution in [0.4, 0.5) is 4.39 Å². The minimum Gasteiger partial charge on any atom is -0.466 e. The maximum absolute atomic E-state index is 12.8. The van der Waals surface area contributed by atoms with E-state index in [1.165, 1.54) is 18.4 Å². The molecule has 0 aliphatic heterocycles. The van der Waals surface area contributed by atoms with Crippen LogP contribution < -0.4 is 5.32 Å². The number of benzene rings is 1. The smallest absolute Gasteiger partial charge is 0.247 e. The molecule has 22 heavy (non-hydrogen) atoms. The third-order valence-electron chi connectivity index (χ3n) is 3.26. The number of rotatable bonds is 5. The largest absolute Gasteiger partial charge is 0.466 e. The number of halogens is 1. The van der Waals surface area contributed by atoms with Crippen LogP contribution in [0.3, 0.4) is 0 Å². The fourth-order valence-electron chi connectivity index (χ4n) is 1.94. The van der Waals surface area contributed by atoms with Crippen molar-refractivity contribution in [3.63, 3.8) is 0 Å². The van der Waals surface area contributed by atoms with Gasteiger partial charge in [-0.3, -0.25) is 4.79 Å². The maximum Gasteiger partial charge on any atom is 0.247 e. The zero-order chi connectivity index (χ0) is 16.2. The average molecular weight is 303 g/mol. The number of carbonyl (C=O) groups excluding carboxylic acids is 1. The lowest BCUT2D eigenvalue weighted by Gasteiger charge is -2.21. The molecule has 1 heterocycles. The van der Waals surface area contributed by atoms with Crippen LogP contribution in [0.25, 0.3) is 6.08 Å². The van der Waals surface area contributed by atoms with Crippen LogP contribution in [-0.2, 0) is 10.4 Å². The summed E-state index contributed by atoms with van der Waals surface area (Å²) in [6.45, 7) is 3.24. The van der Waals surface area contributed by atoms with E-state index in [0.29, 0.717) is 11.3 Å². The topological polar surface area (TPSA) is 62.5 Å². The van der Waals surface area contributed by atoms with Crippen LogP contribution in [0.1, 0.15) is 25.2 Å². The number of furan rings is 1. The molecule has 2 N–H and O–H groups in total. The maximum atomic E-state index is 12.8. The molecular weight excluding hydrogens is 285 g/mol. The molecule has 4 nitrogen and oxygen atoms in total. The van der Waals surface area contributed by atoms with Gasteiger partial charge in [-0.2, -0.15) is 0 Å². The fraction of sp³-hybridized carbons (Fsp3) is 0.235. The summed E-state index contributed by atoms with van der Waals surface area (Å²) < 4.78 is 18.0. The van der Waals surface area contributed by atoms with Gasteiger partial charge in [0.15, 0.2) is 0 Å². The summed E-state index contributed by atoms with van der Waals surface area (Å²) in [5.41, 5.74) is -0.0938. The van der Waals surface area contributed by atoms with Crippen molar-refractivity contribution in [2.24, 2.45) is 0 Å². The van der Waals surface area contributed by atoms with Crippen molar-refractivity contribution in [2.75, 3.05) is 6.54 Å². The van der Waals surface area contributed by atoms with Gasteiger partial charge in [0, 0.05) is 5.57 Å². The minimum absolute atomic E-state index is 0.0218. The van der Waals surface area contributed by atoms with Crippen molar-refractivity contribution in [1.29, 1.82) is 0 Å². The molecule has 0 spiro atoms. The molecule has 0 bridgehead atoms. The molecule has 1 amide bonds. The lowest BCUT2D eigenvalue weighted by atomic mass is 10.0. The summed E-state index contributed by atoms with van der Waals surface area (Å²) in [4.78, 5) is 12.0. The van der Waals surface area contributed by atoms with E-state index in [0.717, 1.165) is 5.56 Å². The second-order valence-electron chi connectivity index (χ2n) is 5.31. The highest BCUT2D eigenvalue weighted by Gasteiger charge is 2.26. The van der Waals surface area contributed by atoms with Crippen LogP contribution in [-0.4, -0.2) is 17.6 Å². The van der Waals surface area contributed by atoms with Crippen LogP contribution >= 0.6 is 0 Å². The highest BCUT2D eigenvalue weighted by Crippen LogP contribution is 2.20. The summed E-state index contributed by atoms with van der Waals surface area (Å²) in [7, 11) is 0. The zero-order valence-corrected chi connectivity index (χ0v) is 12.5. The third kappa shape index (κ3) is 4.05. The molecule has 5 heteroatoms. The molecule has 0 fully saturated rings. The molecule has 1 aromatic carbocycles. The highest BCUT2D eigenvalue weighted by atomic mass is 19.1. The van der Waals surface area contributed by atoms with Crippen molar-refractivity contribution in [2.45, 2.75) is 19.4 Å². The van der Waals surface area contributed by atoms with E-state index in [1.807, 2.05) is 0 Å². The Hall–Kier alpha value is -2.40. The molecular formula is C17H18FNO3. The molecule has 2 rings (SSSR count). The van der Waals surface area contributed by atoms with E-state index < -0.39 is 5.60 Å². The first-order chi connectivity index (χ1) is 10.4. The second kappa shape index (κ2) is 6.58. The predicted molar refractivity (Wildman–Crippen MR) is 81.3 cm³/mol. The van der Waals surface area contributed by atoms with Crippen molar-refractivity contribution in [3.05, 3.63) is 65.4 Å². The average Bonchev–Trinajstić information content (AvgIpc) is 3.02. The number of aliphatic hydroxyl groups is 1. The number of hydrogen-bond donors (Lipinski definition) is 2. The molecule has 0 aliphatic rings. The van der Waals surface area contributed by atoms with Gasteiger partial charge in [0.05, 0.1) is 12.8 Å². The van der Waals surface area contributed by atoms with Gasteiger partial charge in [0.25, 0.3) is 0 Å². The van der Waals surface area contributed by atoms with Gasteiger partial charge >= 0.3 is 0 Å². The number of carbonyl (C=O) groups is 1. The van der Waals surface area contributed by atoms with Crippen molar-refractivity contribution in [3.8, 4) is 0 Å². The van der Waals surface area contributed by atoms with Crippen LogP contribution in [0.15, 0.2) is 52.7 Å². The van der Waals surface area contributed by atoms with Gasteiger partial charge < -0.3 is 14.8 Å². The molecule has 0 saturated heterocycles. The van der Waals surface area contributed by atoms with Crippen LogP contribution in [0.2, 0.25) is 0 Å². The number of nitrogens with one attached hydrogen (secondary N) is 1. The Morgan fingerprint density at radius 3 is 2.64 bits per heavy atom. The molecule has 2 aromatic rings. The molecule has 116 valence electrons. The molecule has 1 aromatic heterocycles. The first-order valence-corrected chi connectivity index (χ1v) is 6.87. The van der Waals surface area contributed by atoms with E-state index >= 15 is 0 Å². The molecule has 0 radical (unpaired) electrons. The lowest BCUT2D eigenvalue weighted by Crippen LogP contribution is -2.38. The number of amides is 1. The Morgan fingerprint density at radius 1 is 1.36 bits per heavy atom. The Kier molecular flexibility index (Phi) is 4.78. The first-order valence-electron chi connectivity index (χ1n) is 6.87. The van der Waals surface area contributed by atoms with Gasteiger partial charge in [-0.1, -0.05) is 12.1 Å². The quantitative estimate of drug-likeness (QED) is 0.835. The number of hydrogen-bond acceptors (Lipinski definition) is 3. The van der Waals surface area contributed by atoms with Crippen LogP contribution in [0.5, 0.6) is 0 Å². The Balaban J connectivity index is 1.98. The Morgan fingerprint density at radius 2 is 2.05 bits per heavy atom. The van der Waals surface area contributed by atoms with Crippen molar-refractivity contribution in [1.82, 2.24) is 5.32 Å². The minimum atomic E-state index is -1.28. The molecule has 0 aliphatic carbocycles. The SMILES string of the molecule is CC(=Cc1ccc(F)cc1)C(=O)NCC(C)(O)c1ccco1. The Labute approximate surface area is 128 Å². The third-order valence-corrected chi connectivity index (χ3v) is 3.26. The van der Waals surface area contributed by atoms with E-state index in [9.17, 15) is 14.3 Å². The first kappa shape index (κ1) is 16.0. The molecule has 1 atom stereocenters. The molecule has 0 saturated carbocycles. The summed E-state index contributed by atoms with van der Waals surface area (Å²) in [5.74, 6) is -0.252. The fourth-order valence-corrected chi connectivity index (χ4v) is 1.94. The summed E-state index contributed by atoms with van der Waals surface area (Å²) in [5, 5.41) is 12.9. The Bertz CT molecular complexity index is 658. The van der Waals surface area contributed by atoms with Gasteiger partial charge in [0.1, 0.15) is 17.2 Å².